The minimum Gasteiger partial charge on any atom is -0.497 e. The largest absolute Gasteiger partial charge is 0.497 e. The Morgan fingerprint density at radius 1 is 1.06 bits per heavy atom. The fourth-order valence-corrected chi connectivity index (χ4v) is 4.41. The Morgan fingerprint density at radius 2 is 1.82 bits per heavy atom. The highest BCUT2D eigenvalue weighted by molar-refractivity contribution is 6.09. The van der Waals surface area contributed by atoms with Crippen LogP contribution in [0.5, 0.6) is 5.75 Å². The van der Waals surface area contributed by atoms with Gasteiger partial charge in [-0.3, -0.25) is 9.59 Å². The number of carbonyl (C=O) groups excluding carboxylic acids is 2. The van der Waals surface area contributed by atoms with Gasteiger partial charge in [0.05, 0.1) is 7.11 Å². The Kier molecular flexibility index (Phi) is 8.91. The van der Waals surface area contributed by atoms with E-state index in [1.54, 1.807) is 31.4 Å². The molecular weight excluding hydrogens is 424 g/mol. The van der Waals surface area contributed by atoms with E-state index in [0.717, 1.165) is 36.3 Å². The summed E-state index contributed by atoms with van der Waals surface area (Å²) in [4.78, 5) is 25.5. The number of hydrogen-bond acceptors (Lipinski definition) is 4. The predicted molar refractivity (Wildman–Crippen MR) is 139 cm³/mol. The number of anilines is 1. The average molecular weight is 463 g/mol. The highest BCUT2D eigenvalue weighted by Gasteiger charge is 2.28. The summed E-state index contributed by atoms with van der Waals surface area (Å²) in [6.45, 7) is 6.45. The molecule has 0 atom stereocenters. The Balaban J connectivity index is 1.69. The minimum atomic E-state index is -0.167. The minimum absolute atomic E-state index is 0.00448. The molecule has 2 aromatic rings. The van der Waals surface area contributed by atoms with Gasteiger partial charge in [0.2, 0.25) is 5.91 Å². The zero-order chi connectivity index (χ0) is 24.6. The standard InChI is InChI=1S/C29H38N2O3/c1-5-6-7-8-9-10-14-28(33)30-23-13-11-12-21(17-23)27(32)19-26-25-18-24(34-4)16-15-22(25)20-29(2,3)31-26/h11-13,15-19,31H,5-10,14,20H2,1-4H3,(H,30,33). The van der Waals surface area contributed by atoms with Crippen LogP contribution in [-0.4, -0.2) is 24.3 Å². The van der Waals surface area contributed by atoms with Crippen molar-refractivity contribution in [3.05, 3.63) is 65.2 Å². The zero-order valence-electron chi connectivity index (χ0n) is 21.0. The van der Waals surface area contributed by atoms with Crippen LogP contribution >= 0.6 is 0 Å². The van der Waals surface area contributed by atoms with E-state index >= 15 is 0 Å². The molecule has 0 radical (unpaired) electrons. The van der Waals surface area contributed by atoms with E-state index in [-0.39, 0.29) is 17.2 Å². The SMILES string of the molecule is CCCCCCCCC(=O)Nc1cccc(C(=O)C=C2NC(C)(C)Cc3ccc(OC)cc32)c1. The molecule has 182 valence electrons. The third-order valence-corrected chi connectivity index (χ3v) is 6.18. The van der Waals surface area contributed by atoms with Gasteiger partial charge < -0.3 is 15.4 Å². The third kappa shape index (κ3) is 7.21. The van der Waals surface area contributed by atoms with Crippen LogP contribution in [0, 0.1) is 0 Å². The fourth-order valence-electron chi connectivity index (χ4n) is 4.41. The molecule has 0 aliphatic carbocycles. The topological polar surface area (TPSA) is 67.4 Å². The number of fused-ring (bicyclic) bond motifs is 1. The number of unbranched alkanes of at least 4 members (excludes halogenated alkanes) is 5. The van der Waals surface area contributed by atoms with Crippen LogP contribution in [0.25, 0.3) is 5.70 Å². The van der Waals surface area contributed by atoms with Gasteiger partial charge in [-0.15, -0.1) is 0 Å². The lowest BCUT2D eigenvalue weighted by atomic mass is 9.85. The van der Waals surface area contributed by atoms with Crippen LogP contribution < -0.4 is 15.4 Å². The van der Waals surface area contributed by atoms with E-state index in [1.807, 2.05) is 18.2 Å². The molecule has 0 saturated heterocycles. The van der Waals surface area contributed by atoms with Gasteiger partial charge in [0.25, 0.3) is 0 Å². The number of nitrogens with one attached hydrogen (secondary N) is 2. The molecule has 34 heavy (non-hydrogen) atoms. The second kappa shape index (κ2) is 11.9. The molecule has 1 heterocycles. The molecule has 1 amide bonds. The molecule has 0 spiro atoms. The quantitative estimate of drug-likeness (QED) is 0.226. The molecule has 2 aromatic carbocycles. The lowest BCUT2D eigenvalue weighted by Crippen LogP contribution is -2.43. The van der Waals surface area contributed by atoms with Crippen molar-refractivity contribution in [3.8, 4) is 5.75 Å². The predicted octanol–water partition coefficient (Wildman–Crippen LogP) is 6.53. The maximum Gasteiger partial charge on any atom is 0.224 e. The van der Waals surface area contributed by atoms with Crippen molar-refractivity contribution in [2.75, 3.05) is 12.4 Å². The highest BCUT2D eigenvalue weighted by atomic mass is 16.5. The molecule has 3 rings (SSSR count). The summed E-state index contributed by atoms with van der Waals surface area (Å²) < 4.78 is 5.40. The van der Waals surface area contributed by atoms with Crippen molar-refractivity contribution < 1.29 is 14.3 Å². The van der Waals surface area contributed by atoms with Crippen LogP contribution in [0.2, 0.25) is 0 Å². The lowest BCUT2D eigenvalue weighted by Gasteiger charge is -2.35. The first kappa shape index (κ1) is 25.5. The molecule has 1 aliphatic heterocycles. The Morgan fingerprint density at radius 3 is 2.59 bits per heavy atom. The molecule has 0 aromatic heterocycles. The van der Waals surface area contributed by atoms with E-state index in [1.165, 1.54) is 31.2 Å². The van der Waals surface area contributed by atoms with E-state index in [4.69, 9.17) is 4.74 Å². The average Bonchev–Trinajstić information content (AvgIpc) is 2.80. The van der Waals surface area contributed by atoms with Gasteiger partial charge in [0.15, 0.2) is 5.78 Å². The van der Waals surface area contributed by atoms with Gasteiger partial charge in [-0.05, 0) is 56.5 Å². The first-order chi connectivity index (χ1) is 16.3. The first-order valence-corrected chi connectivity index (χ1v) is 12.4. The molecule has 0 unspecified atom stereocenters. The monoisotopic (exact) mass is 462 g/mol. The summed E-state index contributed by atoms with van der Waals surface area (Å²) in [6, 6.07) is 13.1. The van der Waals surface area contributed by atoms with Gasteiger partial charge in [-0.25, -0.2) is 0 Å². The molecule has 5 heteroatoms. The molecule has 0 fully saturated rings. The van der Waals surface area contributed by atoms with Crippen molar-refractivity contribution in [2.24, 2.45) is 0 Å². The second-order valence-corrected chi connectivity index (χ2v) is 9.78. The summed E-state index contributed by atoms with van der Waals surface area (Å²) >= 11 is 0. The molecule has 0 bridgehead atoms. The van der Waals surface area contributed by atoms with Crippen molar-refractivity contribution in [1.82, 2.24) is 5.32 Å². The fraction of sp³-hybridized carbons (Fsp3) is 0.448. The number of allylic oxidation sites excluding steroid dienone is 1. The van der Waals surface area contributed by atoms with Gasteiger partial charge in [-0.2, -0.15) is 0 Å². The van der Waals surface area contributed by atoms with E-state index < -0.39 is 0 Å². The number of carbonyl (C=O) groups is 2. The van der Waals surface area contributed by atoms with Gasteiger partial charge in [0, 0.05) is 40.5 Å². The molecule has 1 aliphatic rings. The molecule has 0 saturated carbocycles. The maximum absolute atomic E-state index is 13.2. The van der Waals surface area contributed by atoms with Gasteiger partial charge in [0.1, 0.15) is 5.75 Å². The van der Waals surface area contributed by atoms with E-state index in [2.05, 4.69) is 37.5 Å². The van der Waals surface area contributed by atoms with Gasteiger partial charge >= 0.3 is 0 Å². The van der Waals surface area contributed by atoms with Crippen molar-refractivity contribution in [3.63, 3.8) is 0 Å². The summed E-state index contributed by atoms with van der Waals surface area (Å²) in [7, 11) is 1.64. The number of benzene rings is 2. The summed E-state index contributed by atoms with van der Waals surface area (Å²) in [5.41, 5.74) is 3.97. The lowest BCUT2D eigenvalue weighted by molar-refractivity contribution is -0.116. The van der Waals surface area contributed by atoms with Crippen LogP contribution in [0.3, 0.4) is 0 Å². The number of rotatable bonds is 11. The Labute approximate surface area is 204 Å². The number of amides is 1. The third-order valence-electron chi connectivity index (χ3n) is 6.18. The Hall–Kier alpha value is -3.08. The highest BCUT2D eigenvalue weighted by Crippen LogP contribution is 2.32. The number of methoxy groups -OCH3 is 1. The normalized spacial score (nSPS) is 15.4. The van der Waals surface area contributed by atoms with Crippen LogP contribution in [0.4, 0.5) is 5.69 Å². The molecular formula is C29H38N2O3. The smallest absolute Gasteiger partial charge is 0.224 e. The van der Waals surface area contributed by atoms with Crippen molar-refractivity contribution >= 4 is 23.1 Å². The summed E-state index contributed by atoms with van der Waals surface area (Å²) in [5, 5.41) is 6.45. The van der Waals surface area contributed by atoms with Crippen molar-refractivity contribution in [1.29, 1.82) is 0 Å². The Bertz CT molecular complexity index is 1040. The molecule has 2 N–H and O–H groups in total. The molecule has 5 nitrogen and oxygen atoms in total. The van der Waals surface area contributed by atoms with Gasteiger partial charge in [-0.1, -0.05) is 57.2 Å². The summed E-state index contributed by atoms with van der Waals surface area (Å²) in [6.07, 6.45) is 9.89. The maximum atomic E-state index is 13.2. The zero-order valence-corrected chi connectivity index (χ0v) is 21.0. The van der Waals surface area contributed by atoms with Crippen LogP contribution in [-0.2, 0) is 11.2 Å². The first-order valence-electron chi connectivity index (χ1n) is 12.4. The second-order valence-electron chi connectivity index (χ2n) is 9.78. The number of ketones is 1. The number of ether oxygens (including phenoxy) is 1. The van der Waals surface area contributed by atoms with Crippen LogP contribution in [0.15, 0.2) is 48.5 Å². The van der Waals surface area contributed by atoms with E-state index in [0.29, 0.717) is 17.7 Å². The van der Waals surface area contributed by atoms with Crippen molar-refractivity contribution in [2.45, 2.75) is 77.7 Å². The number of hydrogen-bond donors (Lipinski definition) is 2. The van der Waals surface area contributed by atoms with Crippen LogP contribution in [0.1, 0.15) is 87.2 Å². The van der Waals surface area contributed by atoms with E-state index in [9.17, 15) is 9.59 Å². The summed E-state index contributed by atoms with van der Waals surface area (Å²) in [5.74, 6) is 0.643.